The molecule has 0 unspecified atom stereocenters. The SMILES string of the molecule is CCOc1cc(/C=C(\C#N)C(=O)Nc2ccc(OCc3ccccc3)cc2)c(Br)cc1OC. The Labute approximate surface area is 201 Å². The lowest BCUT2D eigenvalue weighted by Gasteiger charge is -2.12. The maximum Gasteiger partial charge on any atom is 0.266 e. The van der Waals surface area contributed by atoms with Crippen molar-refractivity contribution in [3.05, 3.63) is 87.9 Å². The zero-order chi connectivity index (χ0) is 23.6. The smallest absolute Gasteiger partial charge is 0.266 e. The number of nitrogens with one attached hydrogen (secondary N) is 1. The van der Waals surface area contributed by atoms with Crippen LogP contribution in [-0.2, 0) is 11.4 Å². The van der Waals surface area contributed by atoms with Crippen molar-refractivity contribution >= 4 is 33.6 Å². The predicted molar refractivity (Wildman–Crippen MR) is 131 cm³/mol. The summed E-state index contributed by atoms with van der Waals surface area (Å²) in [5.74, 6) is 1.24. The van der Waals surface area contributed by atoms with E-state index in [-0.39, 0.29) is 5.57 Å². The van der Waals surface area contributed by atoms with Crippen LogP contribution in [0.25, 0.3) is 6.08 Å². The number of methoxy groups -OCH3 is 1. The van der Waals surface area contributed by atoms with Crippen LogP contribution in [0.5, 0.6) is 17.2 Å². The van der Waals surface area contributed by atoms with Gasteiger partial charge in [-0.25, -0.2) is 0 Å². The zero-order valence-corrected chi connectivity index (χ0v) is 19.9. The Morgan fingerprint density at radius 2 is 1.79 bits per heavy atom. The van der Waals surface area contributed by atoms with Crippen LogP contribution in [0, 0.1) is 11.3 Å². The standard InChI is InChI=1S/C26H23BrN2O4/c1-3-32-25-14-19(23(27)15-24(25)31-2)13-20(16-28)26(30)29-21-9-11-22(12-10-21)33-17-18-7-5-4-6-8-18/h4-15H,3,17H2,1-2H3,(H,29,30)/b20-13+. The lowest BCUT2D eigenvalue weighted by molar-refractivity contribution is -0.112. The molecular weight excluding hydrogens is 484 g/mol. The third-order valence-electron chi connectivity index (χ3n) is 4.61. The maximum absolute atomic E-state index is 12.7. The minimum atomic E-state index is -0.517. The van der Waals surface area contributed by atoms with Crippen LogP contribution >= 0.6 is 15.9 Å². The molecule has 0 radical (unpaired) electrons. The van der Waals surface area contributed by atoms with Crippen LogP contribution < -0.4 is 19.5 Å². The Bertz CT molecular complexity index is 1170. The third kappa shape index (κ3) is 6.61. The average Bonchev–Trinajstić information content (AvgIpc) is 2.84. The largest absolute Gasteiger partial charge is 0.493 e. The molecule has 3 aromatic carbocycles. The van der Waals surface area contributed by atoms with Gasteiger partial charge in [-0.1, -0.05) is 46.3 Å². The maximum atomic E-state index is 12.7. The van der Waals surface area contributed by atoms with E-state index in [0.29, 0.717) is 46.2 Å². The molecule has 33 heavy (non-hydrogen) atoms. The summed E-state index contributed by atoms with van der Waals surface area (Å²) in [6.07, 6.45) is 1.50. The van der Waals surface area contributed by atoms with Crippen molar-refractivity contribution in [2.45, 2.75) is 13.5 Å². The molecular formula is C26H23BrN2O4. The van der Waals surface area contributed by atoms with E-state index in [0.717, 1.165) is 5.56 Å². The van der Waals surface area contributed by atoms with Crippen LogP contribution in [0.2, 0.25) is 0 Å². The molecule has 1 N–H and O–H groups in total. The Kier molecular flexibility index (Phi) is 8.50. The fourth-order valence-electron chi connectivity index (χ4n) is 2.97. The number of hydrogen-bond donors (Lipinski definition) is 1. The molecule has 0 bridgehead atoms. The topological polar surface area (TPSA) is 80.6 Å². The number of carbonyl (C=O) groups excluding carboxylic acids is 1. The fourth-order valence-corrected chi connectivity index (χ4v) is 3.40. The van der Waals surface area contributed by atoms with Crippen molar-refractivity contribution in [1.82, 2.24) is 0 Å². The first-order valence-corrected chi connectivity index (χ1v) is 11.0. The molecule has 3 rings (SSSR count). The number of rotatable bonds is 9. The summed E-state index contributed by atoms with van der Waals surface area (Å²) in [6, 6.07) is 22.2. The quantitative estimate of drug-likeness (QED) is 0.285. The Morgan fingerprint density at radius 3 is 2.42 bits per heavy atom. The number of nitriles is 1. The summed E-state index contributed by atoms with van der Waals surface area (Å²) in [7, 11) is 1.55. The molecule has 6 nitrogen and oxygen atoms in total. The highest BCUT2D eigenvalue weighted by molar-refractivity contribution is 9.10. The Hall–Kier alpha value is -3.76. The van der Waals surface area contributed by atoms with Gasteiger partial charge >= 0.3 is 0 Å². The van der Waals surface area contributed by atoms with Gasteiger partial charge in [0.15, 0.2) is 11.5 Å². The predicted octanol–water partition coefficient (Wildman–Crippen LogP) is 5.98. The van der Waals surface area contributed by atoms with Crippen molar-refractivity contribution in [2.24, 2.45) is 0 Å². The van der Waals surface area contributed by atoms with Gasteiger partial charge in [0.2, 0.25) is 0 Å². The number of nitrogens with zero attached hydrogens (tertiary/aromatic N) is 1. The highest BCUT2D eigenvalue weighted by Gasteiger charge is 2.14. The van der Waals surface area contributed by atoms with E-state index in [1.54, 1.807) is 43.5 Å². The minimum absolute atomic E-state index is 0.0484. The van der Waals surface area contributed by atoms with E-state index >= 15 is 0 Å². The van der Waals surface area contributed by atoms with Crippen molar-refractivity contribution < 1.29 is 19.0 Å². The van der Waals surface area contributed by atoms with Gasteiger partial charge in [-0.3, -0.25) is 4.79 Å². The van der Waals surface area contributed by atoms with E-state index in [1.807, 2.05) is 43.3 Å². The van der Waals surface area contributed by atoms with Gasteiger partial charge in [-0.05, 0) is 60.5 Å². The summed E-state index contributed by atoms with van der Waals surface area (Å²) < 4.78 is 17.3. The number of benzene rings is 3. The number of anilines is 1. The normalized spacial score (nSPS) is 10.8. The van der Waals surface area contributed by atoms with Crippen molar-refractivity contribution in [1.29, 1.82) is 5.26 Å². The van der Waals surface area contributed by atoms with Gasteiger partial charge in [0, 0.05) is 10.2 Å². The molecule has 0 saturated heterocycles. The summed E-state index contributed by atoms with van der Waals surface area (Å²) in [4.78, 5) is 12.7. The van der Waals surface area contributed by atoms with Crippen molar-refractivity contribution in [2.75, 3.05) is 19.0 Å². The summed E-state index contributed by atoms with van der Waals surface area (Å²) in [6.45, 7) is 2.77. The molecule has 1 amide bonds. The number of halogens is 1. The molecule has 168 valence electrons. The molecule has 3 aromatic rings. The second-order valence-electron chi connectivity index (χ2n) is 6.88. The van der Waals surface area contributed by atoms with Crippen molar-refractivity contribution in [3.8, 4) is 23.3 Å². The van der Waals surface area contributed by atoms with Crippen LogP contribution in [0.4, 0.5) is 5.69 Å². The molecule has 0 aliphatic rings. The summed E-state index contributed by atoms with van der Waals surface area (Å²) in [5.41, 5.74) is 2.19. The molecule has 0 aliphatic carbocycles. The van der Waals surface area contributed by atoms with E-state index in [1.165, 1.54) is 6.08 Å². The van der Waals surface area contributed by atoms with Crippen LogP contribution in [0.15, 0.2) is 76.8 Å². The van der Waals surface area contributed by atoms with E-state index in [2.05, 4.69) is 21.2 Å². The molecule has 0 fully saturated rings. The Balaban J connectivity index is 1.70. The van der Waals surface area contributed by atoms with Gasteiger partial charge in [0.25, 0.3) is 5.91 Å². The monoisotopic (exact) mass is 506 g/mol. The van der Waals surface area contributed by atoms with Gasteiger partial charge < -0.3 is 19.5 Å². The highest BCUT2D eigenvalue weighted by atomic mass is 79.9. The van der Waals surface area contributed by atoms with E-state index in [4.69, 9.17) is 14.2 Å². The number of amides is 1. The summed E-state index contributed by atoms with van der Waals surface area (Å²) in [5, 5.41) is 12.3. The van der Waals surface area contributed by atoms with E-state index < -0.39 is 5.91 Å². The second kappa shape index (κ2) is 11.7. The first-order valence-electron chi connectivity index (χ1n) is 10.2. The Morgan fingerprint density at radius 1 is 1.06 bits per heavy atom. The number of ether oxygens (including phenoxy) is 3. The van der Waals surface area contributed by atoms with E-state index in [9.17, 15) is 10.1 Å². The molecule has 0 aromatic heterocycles. The molecule has 0 atom stereocenters. The molecule has 0 saturated carbocycles. The van der Waals surface area contributed by atoms with Crippen LogP contribution in [0.1, 0.15) is 18.1 Å². The summed E-state index contributed by atoms with van der Waals surface area (Å²) >= 11 is 3.45. The minimum Gasteiger partial charge on any atom is -0.493 e. The first-order chi connectivity index (χ1) is 16.0. The van der Waals surface area contributed by atoms with Gasteiger partial charge in [0.1, 0.15) is 24.0 Å². The van der Waals surface area contributed by atoms with Gasteiger partial charge in [-0.15, -0.1) is 0 Å². The van der Waals surface area contributed by atoms with Crippen LogP contribution in [-0.4, -0.2) is 19.6 Å². The van der Waals surface area contributed by atoms with Gasteiger partial charge in [0.05, 0.1) is 13.7 Å². The van der Waals surface area contributed by atoms with Crippen molar-refractivity contribution in [3.63, 3.8) is 0 Å². The first kappa shape index (κ1) is 23.9. The second-order valence-corrected chi connectivity index (χ2v) is 7.73. The fraction of sp³-hybridized carbons (Fsp3) is 0.154. The third-order valence-corrected chi connectivity index (χ3v) is 5.29. The highest BCUT2D eigenvalue weighted by Crippen LogP contribution is 2.34. The van der Waals surface area contributed by atoms with Crippen LogP contribution in [0.3, 0.4) is 0 Å². The molecule has 0 aliphatic heterocycles. The lowest BCUT2D eigenvalue weighted by Crippen LogP contribution is -2.13. The number of hydrogen-bond acceptors (Lipinski definition) is 5. The number of carbonyl (C=O) groups is 1. The molecule has 0 spiro atoms. The molecule has 0 heterocycles. The molecule has 7 heteroatoms. The zero-order valence-electron chi connectivity index (χ0n) is 18.3. The lowest BCUT2D eigenvalue weighted by atomic mass is 10.1. The average molecular weight is 507 g/mol. The van der Waals surface area contributed by atoms with Gasteiger partial charge in [-0.2, -0.15) is 5.26 Å².